The third kappa shape index (κ3) is 4.13. The molecule has 0 saturated heterocycles. The van der Waals surface area contributed by atoms with Crippen LogP contribution in [0.1, 0.15) is 24.1 Å². The van der Waals surface area contributed by atoms with Crippen LogP contribution in [0.4, 0.5) is 0 Å². The van der Waals surface area contributed by atoms with Crippen molar-refractivity contribution in [3.8, 4) is 11.5 Å². The van der Waals surface area contributed by atoms with Gasteiger partial charge in [0.25, 0.3) is 0 Å². The van der Waals surface area contributed by atoms with Crippen LogP contribution in [-0.4, -0.2) is 7.11 Å². The molecule has 3 nitrogen and oxygen atoms in total. The van der Waals surface area contributed by atoms with Crippen LogP contribution in [0.2, 0.25) is 5.02 Å². The highest BCUT2D eigenvalue weighted by atomic mass is 79.9. The van der Waals surface area contributed by atoms with Crippen LogP contribution in [0.5, 0.6) is 11.5 Å². The van der Waals surface area contributed by atoms with Crippen molar-refractivity contribution in [1.29, 1.82) is 0 Å². The maximum Gasteiger partial charge on any atom is 0.138 e. The first-order valence-electron chi connectivity index (χ1n) is 6.51. The minimum Gasteiger partial charge on any atom is -0.497 e. The fraction of sp³-hybridized carbons (Fsp3) is 0.250. The maximum absolute atomic E-state index is 6.22. The zero-order valence-corrected chi connectivity index (χ0v) is 14.2. The van der Waals surface area contributed by atoms with Gasteiger partial charge in [0.05, 0.1) is 12.1 Å². The van der Waals surface area contributed by atoms with Crippen LogP contribution in [0, 0.1) is 0 Å². The summed E-state index contributed by atoms with van der Waals surface area (Å²) in [5.41, 5.74) is 7.80. The van der Waals surface area contributed by atoms with E-state index in [-0.39, 0.29) is 6.04 Å². The van der Waals surface area contributed by atoms with E-state index in [1.165, 1.54) is 0 Å². The van der Waals surface area contributed by atoms with Gasteiger partial charge >= 0.3 is 0 Å². The van der Waals surface area contributed by atoms with Crippen molar-refractivity contribution in [2.45, 2.75) is 19.6 Å². The van der Waals surface area contributed by atoms with Gasteiger partial charge in [-0.2, -0.15) is 0 Å². The van der Waals surface area contributed by atoms with Crippen LogP contribution >= 0.6 is 27.5 Å². The minimum atomic E-state index is -0.0518. The van der Waals surface area contributed by atoms with Gasteiger partial charge < -0.3 is 15.2 Å². The number of nitrogens with two attached hydrogens (primary N) is 1. The van der Waals surface area contributed by atoms with Gasteiger partial charge in [-0.1, -0.05) is 33.6 Å². The molecule has 0 radical (unpaired) electrons. The quantitative estimate of drug-likeness (QED) is 0.829. The van der Waals surface area contributed by atoms with Crippen molar-refractivity contribution >= 4 is 27.5 Å². The molecule has 2 rings (SSSR count). The Bertz CT molecular complexity index is 632. The monoisotopic (exact) mass is 369 g/mol. The second kappa shape index (κ2) is 7.16. The summed E-state index contributed by atoms with van der Waals surface area (Å²) < 4.78 is 12.0. The summed E-state index contributed by atoms with van der Waals surface area (Å²) in [7, 11) is 1.64. The Labute approximate surface area is 138 Å². The molecule has 0 fully saturated rings. The Kier molecular flexibility index (Phi) is 5.51. The normalized spacial score (nSPS) is 12.0. The fourth-order valence-corrected chi connectivity index (χ4v) is 2.47. The highest BCUT2D eigenvalue weighted by Gasteiger charge is 2.08. The van der Waals surface area contributed by atoms with Crippen molar-refractivity contribution in [1.82, 2.24) is 0 Å². The SMILES string of the molecule is COc1ccc(Br)c(COc2ccc([C@H](C)N)cc2Cl)c1. The summed E-state index contributed by atoms with van der Waals surface area (Å²) in [5.74, 6) is 1.42. The highest BCUT2D eigenvalue weighted by Crippen LogP contribution is 2.29. The first-order chi connectivity index (χ1) is 10.0. The summed E-state index contributed by atoms with van der Waals surface area (Å²) in [5, 5.41) is 0.559. The van der Waals surface area contributed by atoms with Gasteiger partial charge in [0.15, 0.2) is 0 Å². The van der Waals surface area contributed by atoms with Crippen molar-refractivity contribution in [3.05, 3.63) is 57.0 Å². The third-order valence-corrected chi connectivity index (χ3v) is 4.19. The Morgan fingerprint density at radius 2 is 2.00 bits per heavy atom. The minimum absolute atomic E-state index is 0.0518. The van der Waals surface area contributed by atoms with Gasteiger partial charge in [-0.05, 0) is 42.8 Å². The average Bonchev–Trinajstić information content (AvgIpc) is 2.47. The van der Waals surface area contributed by atoms with E-state index in [9.17, 15) is 0 Å². The van der Waals surface area contributed by atoms with E-state index in [2.05, 4.69) is 15.9 Å². The van der Waals surface area contributed by atoms with Gasteiger partial charge in [0.1, 0.15) is 18.1 Å². The number of rotatable bonds is 5. The van der Waals surface area contributed by atoms with Crippen LogP contribution in [-0.2, 0) is 6.61 Å². The zero-order chi connectivity index (χ0) is 15.4. The topological polar surface area (TPSA) is 44.5 Å². The van der Waals surface area contributed by atoms with E-state index in [0.29, 0.717) is 17.4 Å². The first kappa shape index (κ1) is 16.1. The van der Waals surface area contributed by atoms with E-state index in [0.717, 1.165) is 21.3 Å². The van der Waals surface area contributed by atoms with Crippen LogP contribution in [0.3, 0.4) is 0 Å². The largest absolute Gasteiger partial charge is 0.497 e. The summed E-state index contributed by atoms with van der Waals surface area (Å²) in [6.07, 6.45) is 0. The molecule has 0 bridgehead atoms. The maximum atomic E-state index is 6.22. The van der Waals surface area contributed by atoms with Crippen LogP contribution in [0.15, 0.2) is 40.9 Å². The number of methoxy groups -OCH3 is 1. The number of benzene rings is 2. The van der Waals surface area contributed by atoms with E-state index in [4.69, 9.17) is 26.8 Å². The lowest BCUT2D eigenvalue weighted by Gasteiger charge is -2.12. The van der Waals surface area contributed by atoms with Gasteiger partial charge in [0.2, 0.25) is 0 Å². The number of ether oxygens (including phenoxy) is 2. The third-order valence-electron chi connectivity index (χ3n) is 3.12. The molecule has 5 heteroatoms. The lowest BCUT2D eigenvalue weighted by atomic mass is 10.1. The Balaban J connectivity index is 2.13. The average molecular weight is 371 g/mol. The molecule has 2 N–H and O–H groups in total. The van der Waals surface area contributed by atoms with E-state index < -0.39 is 0 Å². The predicted molar refractivity (Wildman–Crippen MR) is 89.1 cm³/mol. The van der Waals surface area contributed by atoms with E-state index in [1.54, 1.807) is 7.11 Å². The molecule has 0 unspecified atom stereocenters. The molecular formula is C16H17BrClNO2. The van der Waals surface area contributed by atoms with Gasteiger partial charge in [-0.25, -0.2) is 0 Å². The molecule has 21 heavy (non-hydrogen) atoms. The summed E-state index contributed by atoms with van der Waals surface area (Å²) >= 11 is 9.72. The fourth-order valence-electron chi connectivity index (χ4n) is 1.86. The molecule has 0 saturated carbocycles. The second-order valence-electron chi connectivity index (χ2n) is 4.72. The lowest BCUT2D eigenvalue weighted by molar-refractivity contribution is 0.304. The van der Waals surface area contributed by atoms with Gasteiger partial charge in [-0.3, -0.25) is 0 Å². The van der Waals surface area contributed by atoms with Crippen LogP contribution < -0.4 is 15.2 Å². The Hall–Kier alpha value is -1.23. The molecule has 0 aliphatic rings. The summed E-state index contributed by atoms with van der Waals surface area (Å²) in [6.45, 7) is 2.31. The lowest BCUT2D eigenvalue weighted by Crippen LogP contribution is -2.05. The van der Waals surface area contributed by atoms with Crippen molar-refractivity contribution in [2.24, 2.45) is 5.73 Å². The number of hydrogen-bond acceptors (Lipinski definition) is 3. The number of halogens is 2. The standard InChI is InChI=1S/C16H17BrClNO2/c1-10(19)11-3-6-16(15(18)8-11)21-9-12-7-13(20-2)4-5-14(12)17/h3-8,10H,9,19H2,1-2H3/t10-/m0/s1. The van der Waals surface area contributed by atoms with E-state index in [1.807, 2.05) is 43.3 Å². The van der Waals surface area contributed by atoms with Crippen molar-refractivity contribution in [2.75, 3.05) is 7.11 Å². The molecule has 0 aliphatic heterocycles. The smallest absolute Gasteiger partial charge is 0.138 e. The molecular weight excluding hydrogens is 354 g/mol. The molecule has 112 valence electrons. The highest BCUT2D eigenvalue weighted by molar-refractivity contribution is 9.10. The first-order valence-corrected chi connectivity index (χ1v) is 7.68. The van der Waals surface area contributed by atoms with Crippen LogP contribution in [0.25, 0.3) is 0 Å². The molecule has 0 amide bonds. The van der Waals surface area contributed by atoms with Crippen molar-refractivity contribution < 1.29 is 9.47 Å². The summed E-state index contributed by atoms with van der Waals surface area (Å²) in [6, 6.07) is 11.3. The second-order valence-corrected chi connectivity index (χ2v) is 5.99. The Morgan fingerprint density at radius 1 is 1.24 bits per heavy atom. The summed E-state index contributed by atoms with van der Waals surface area (Å²) in [4.78, 5) is 0. The molecule has 2 aromatic carbocycles. The van der Waals surface area contributed by atoms with Gasteiger partial charge in [-0.15, -0.1) is 0 Å². The predicted octanol–water partition coefficient (Wildman–Crippen LogP) is 4.71. The van der Waals surface area contributed by atoms with E-state index >= 15 is 0 Å². The molecule has 0 spiro atoms. The van der Waals surface area contributed by atoms with Crippen molar-refractivity contribution in [3.63, 3.8) is 0 Å². The molecule has 0 aliphatic carbocycles. The Morgan fingerprint density at radius 3 is 2.62 bits per heavy atom. The molecule has 0 heterocycles. The van der Waals surface area contributed by atoms with Gasteiger partial charge in [0, 0.05) is 16.1 Å². The molecule has 1 atom stereocenters. The zero-order valence-electron chi connectivity index (χ0n) is 11.9. The molecule has 2 aromatic rings. The molecule has 0 aromatic heterocycles. The number of hydrogen-bond donors (Lipinski definition) is 1.